The predicted octanol–water partition coefficient (Wildman–Crippen LogP) is 3.95. The number of aryl methyl sites for hydroxylation is 3. The molecule has 1 aliphatic carbocycles. The van der Waals surface area contributed by atoms with E-state index in [1.807, 2.05) is 0 Å². The van der Waals surface area contributed by atoms with Crippen molar-refractivity contribution in [2.75, 3.05) is 13.1 Å². The minimum Gasteiger partial charge on any atom is -0.330 e. The van der Waals surface area contributed by atoms with Crippen LogP contribution in [0.5, 0.6) is 0 Å². The van der Waals surface area contributed by atoms with Gasteiger partial charge in [0, 0.05) is 12.6 Å². The Kier molecular flexibility index (Phi) is 5.83. The molecule has 0 radical (unpaired) electrons. The van der Waals surface area contributed by atoms with Crippen LogP contribution in [0.3, 0.4) is 0 Å². The molecule has 1 aromatic carbocycles. The summed E-state index contributed by atoms with van der Waals surface area (Å²) in [6.07, 6.45) is 5.35. The Labute approximate surface area is 130 Å². The Morgan fingerprint density at radius 2 is 1.71 bits per heavy atom. The van der Waals surface area contributed by atoms with Crippen LogP contribution in [0.15, 0.2) is 12.1 Å². The lowest BCUT2D eigenvalue weighted by molar-refractivity contribution is 0.105. The van der Waals surface area contributed by atoms with Gasteiger partial charge in [0.05, 0.1) is 0 Å². The summed E-state index contributed by atoms with van der Waals surface area (Å²) >= 11 is 0. The van der Waals surface area contributed by atoms with Gasteiger partial charge in [-0.3, -0.25) is 4.90 Å². The predicted molar refractivity (Wildman–Crippen MR) is 91.5 cm³/mol. The van der Waals surface area contributed by atoms with Gasteiger partial charge in [0.2, 0.25) is 0 Å². The van der Waals surface area contributed by atoms with Crippen molar-refractivity contribution in [2.45, 2.75) is 66.0 Å². The number of nitrogens with zero attached hydrogens (tertiary/aromatic N) is 1. The summed E-state index contributed by atoms with van der Waals surface area (Å²) in [5.41, 5.74) is 11.7. The third-order valence-electron chi connectivity index (χ3n) is 5.37. The lowest BCUT2D eigenvalue weighted by atomic mass is 9.83. The molecule has 0 heterocycles. The first-order valence-corrected chi connectivity index (χ1v) is 8.57. The van der Waals surface area contributed by atoms with Crippen LogP contribution in [0, 0.1) is 26.7 Å². The zero-order chi connectivity index (χ0) is 15.4. The number of hydrogen-bond donors (Lipinski definition) is 1. The number of benzene rings is 1. The molecule has 1 fully saturated rings. The number of rotatable bonds is 5. The van der Waals surface area contributed by atoms with E-state index >= 15 is 0 Å². The first-order valence-electron chi connectivity index (χ1n) is 8.57. The molecule has 2 N–H and O–H groups in total. The Bertz CT molecular complexity index is 467. The van der Waals surface area contributed by atoms with Crippen LogP contribution in [-0.4, -0.2) is 24.0 Å². The van der Waals surface area contributed by atoms with Gasteiger partial charge in [-0.1, -0.05) is 31.9 Å². The molecule has 1 aromatic rings. The largest absolute Gasteiger partial charge is 0.330 e. The minimum absolute atomic E-state index is 0.676. The topological polar surface area (TPSA) is 29.3 Å². The lowest BCUT2D eigenvalue weighted by Gasteiger charge is -2.39. The average Bonchev–Trinajstić information content (AvgIpc) is 2.49. The van der Waals surface area contributed by atoms with Gasteiger partial charge in [-0.2, -0.15) is 0 Å². The second-order valence-electron chi connectivity index (χ2n) is 6.77. The van der Waals surface area contributed by atoms with Gasteiger partial charge in [0.1, 0.15) is 0 Å². The zero-order valence-electron chi connectivity index (χ0n) is 14.3. The molecule has 0 aromatic heterocycles. The third-order valence-corrected chi connectivity index (χ3v) is 5.37. The second kappa shape index (κ2) is 7.42. The van der Waals surface area contributed by atoms with Gasteiger partial charge in [-0.25, -0.2) is 0 Å². The Hall–Kier alpha value is -0.860. The maximum atomic E-state index is 6.03. The molecule has 0 aliphatic heterocycles. The van der Waals surface area contributed by atoms with E-state index in [-0.39, 0.29) is 0 Å². The van der Waals surface area contributed by atoms with Crippen molar-refractivity contribution in [3.05, 3.63) is 34.4 Å². The Morgan fingerprint density at radius 1 is 1.05 bits per heavy atom. The zero-order valence-corrected chi connectivity index (χ0v) is 14.3. The summed E-state index contributed by atoms with van der Waals surface area (Å²) in [4.78, 5) is 2.66. The highest BCUT2D eigenvalue weighted by molar-refractivity contribution is 5.36. The maximum Gasteiger partial charge on any atom is 0.0239 e. The molecule has 21 heavy (non-hydrogen) atoms. The van der Waals surface area contributed by atoms with Crippen molar-refractivity contribution in [3.8, 4) is 0 Å². The standard InChI is InChI=1S/C19H32N2/c1-5-21(19-9-7-6-8-17(19)12-20)13-18-11-15(3)14(2)10-16(18)4/h10-11,17,19H,5-9,12-13,20H2,1-4H3. The highest BCUT2D eigenvalue weighted by Gasteiger charge is 2.28. The Balaban J connectivity index is 2.16. The molecule has 0 spiro atoms. The van der Waals surface area contributed by atoms with Gasteiger partial charge >= 0.3 is 0 Å². The summed E-state index contributed by atoms with van der Waals surface area (Å²) in [6, 6.07) is 5.39. The van der Waals surface area contributed by atoms with E-state index in [9.17, 15) is 0 Å². The summed E-state index contributed by atoms with van der Waals surface area (Å²) in [5, 5.41) is 0. The molecule has 2 atom stereocenters. The maximum absolute atomic E-state index is 6.03. The van der Waals surface area contributed by atoms with Gasteiger partial charge in [0.15, 0.2) is 0 Å². The van der Waals surface area contributed by atoms with E-state index in [1.54, 1.807) is 0 Å². The van der Waals surface area contributed by atoms with Crippen LogP contribution in [0.2, 0.25) is 0 Å². The number of nitrogens with two attached hydrogens (primary N) is 1. The van der Waals surface area contributed by atoms with Crippen molar-refractivity contribution in [2.24, 2.45) is 11.7 Å². The fourth-order valence-corrected chi connectivity index (χ4v) is 3.82. The normalized spacial score (nSPS) is 22.8. The molecule has 1 saturated carbocycles. The molecular formula is C19H32N2. The molecule has 2 nitrogen and oxygen atoms in total. The Morgan fingerprint density at radius 3 is 2.38 bits per heavy atom. The minimum atomic E-state index is 0.676. The van der Waals surface area contributed by atoms with Crippen LogP contribution in [0.25, 0.3) is 0 Å². The van der Waals surface area contributed by atoms with Gasteiger partial charge in [-0.05, 0) is 74.9 Å². The van der Waals surface area contributed by atoms with E-state index < -0.39 is 0 Å². The highest BCUT2D eigenvalue weighted by Crippen LogP contribution is 2.29. The van der Waals surface area contributed by atoms with E-state index in [0.717, 1.165) is 19.6 Å². The quantitative estimate of drug-likeness (QED) is 0.889. The molecule has 2 rings (SSSR count). The molecule has 1 aliphatic rings. The fourth-order valence-electron chi connectivity index (χ4n) is 3.82. The summed E-state index contributed by atoms with van der Waals surface area (Å²) in [6.45, 7) is 12.0. The average molecular weight is 288 g/mol. The van der Waals surface area contributed by atoms with Gasteiger partial charge < -0.3 is 5.73 Å². The van der Waals surface area contributed by atoms with Crippen molar-refractivity contribution in [1.82, 2.24) is 4.90 Å². The van der Waals surface area contributed by atoms with Crippen LogP contribution >= 0.6 is 0 Å². The van der Waals surface area contributed by atoms with Crippen molar-refractivity contribution in [3.63, 3.8) is 0 Å². The summed E-state index contributed by atoms with van der Waals surface area (Å²) < 4.78 is 0. The fraction of sp³-hybridized carbons (Fsp3) is 0.684. The smallest absolute Gasteiger partial charge is 0.0239 e. The van der Waals surface area contributed by atoms with Gasteiger partial charge in [-0.15, -0.1) is 0 Å². The van der Waals surface area contributed by atoms with E-state index in [2.05, 4.69) is 44.7 Å². The molecule has 2 unspecified atom stereocenters. The first kappa shape index (κ1) is 16.5. The lowest BCUT2D eigenvalue weighted by Crippen LogP contribution is -2.44. The SMILES string of the molecule is CCN(Cc1cc(C)c(C)cc1C)C1CCCCC1CN. The first-order chi connectivity index (χ1) is 10.1. The van der Waals surface area contributed by atoms with Crippen LogP contribution < -0.4 is 5.73 Å². The molecule has 0 amide bonds. The van der Waals surface area contributed by atoms with E-state index in [1.165, 1.54) is 47.9 Å². The highest BCUT2D eigenvalue weighted by atomic mass is 15.2. The van der Waals surface area contributed by atoms with Gasteiger partial charge in [0.25, 0.3) is 0 Å². The van der Waals surface area contributed by atoms with E-state index in [0.29, 0.717) is 12.0 Å². The summed E-state index contributed by atoms with van der Waals surface area (Å²) in [7, 11) is 0. The molecular weight excluding hydrogens is 256 g/mol. The van der Waals surface area contributed by atoms with Crippen LogP contribution in [0.1, 0.15) is 54.9 Å². The molecule has 0 bridgehead atoms. The molecule has 2 heteroatoms. The molecule has 118 valence electrons. The van der Waals surface area contributed by atoms with E-state index in [4.69, 9.17) is 5.73 Å². The molecule has 0 saturated heterocycles. The monoisotopic (exact) mass is 288 g/mol. The summed E-state index contributed by atoms with van der Waals surface area (Å²) in [5.74, 6) is 0.686. The number of hydrogen-bond acceptors (Lipinski definition) is 2. The van der Waals surface area contributed by atoms with Crippen molar-refractivity contribution < 1.29 is 0 Å². The van der Waals surface area contributed by atoms with Crippen LogP contribution in [0.4, 0.5) is 0 Å². The van der Waals surface area contributed by atoms with Crippen molar-refractivity contribution in [1.29, 1.82) is 0 Å². The van der Waals surface area contributed by atoms with Crippen LogP contribution in [-0.2, 0) is 6.54 Å². The van der Waals surface area contributed by atoms with Crippen molar-refractivity contribution >= 4 is 0 Å². The second-order valence-corrected chi connectivity index (χ2v) is 6.77. The third kappa shape index (κ3) is 3.87.